The van der Waals surface area contributed by atoms with Crippen LogP contribution in [0.1, 0.15) is 45.0 Å². The van der Waals surface area contributed by atoms with E-state index in [-0.39, 0.29) is 34.9 Å². The van der Waals surface area contributed by atoms with E-state index in [9.17, 15) is 31.9 Å². The Kier molecular flexibility index (Phi) is 8.51. The summed E-state index contributed by atoms with van der Waals surface area (Å²) in [4.78, 5) is 43.7. The lowest BCUT2D eigenvalue weighted by Crippen LogP contribution is -2.40. The summed E-state index contributed by atoms with van der Waals surface area (Å²) >= 11 is 0. The molecule has 3 N–H and O–H groups in total. The third kappa shape index (κ3) is 6.59. The summed E-state index contributed by atoms with van der Waals surface area (Å²) in [5.74, 6) is -2.11. The van der Waals surface area contributed by atoms with Gasteiger partial charge in [-0.2, -0.15) is 13.2 Å². The van der Waals surface area contributed by atoms with Crippen molar-refractivity contribution in [3.63, 3.8) is 0 Å². The van der Waals surface area contributed by atoms with E-state index in [1.165, 1.54) is 51.4 Å². The largest absolute Gasteiger partial charge is 0.410 e. The van der Waals surface area contributed by atoms with Crippen LogP contribution in [0.5, 0.6) is 0 Å². The quantitative estimate of drug-likeness (QED) is 0.328. The van der Waals surface area contributed by atoms with Crippen LogP contribution in [0.25, 0.3) is 0 Å². The van der Waals surface area contributed by atoms with Crippen LogP contribution in [0.3, 0.4) is 0 Å². The van der Waals surface area contributed by atoms with Crippen LogP contribution in [-0.2, 0) is 9.53 Å². The fraction of sp³-hybridized carbons (Fsp3) is 0.360. The van der Waals surface area contributed by atoms with Crippen LogP contribution in [0.4, 0.5) is 28.2 Å². The summed E-state index contributed by atoms with van der Waals surface area (Å²) in [6, 6.07) is 1.42. The van der Waals surface area contributed by atoms with Gasteiger partial charge in [-0.3, -0.25) is 9.59 Å². The Morgan fingerprint density at radius 3 is 2.56 bits per heavy atom. The number of hydrogen-bond acceptors (Lipinski definition) is 8. The number of carbonyl (C=O) groups is 3. The summed E-state index contributed by atoms with van der Waals surface area (Å²) < 4.78 is 63.4. The number of nitrogens with zero attached hydrogens (tertiary/aromatic N) is 4. The summed E-state index contributed by atoms with van der Waals surface area (Å²) in [7, 11) is 1.33. The molecule has 0 radical (unpaired) electrons. The number of urea groups is 1. The Morgan fingerprint density at radius 1 is 1.20 bits per heavy atom. The molecule has 2 aromatic heterocycles. The maximum absolute atomic E-state index is 13.9. The van der Waals surface area contributed by atoms with Gasteiger partial charge in [0.25, 0.3) is 11.8 Å². The Balaban J connectivity index is 1.60. The number of carbonyl (C=O) groups excluding carboxylic acids is 3. The zero-order chi connectivity index (χ0) is 29.9. The second-order valence-electron chi connectivity index (χ2n) is 9.24. The Morgan fingerprint density at radius 2 is 1.95 bits per heavy atom. The molecule has 1 saturated heterocycles. The fourth-order valence-corrected chi connectivity index (χ4v) is 4.24. The Labute approximate surface area is 230 Å². The SMILES string of the molecule is COC[C@H](c1ccnc(NC(=O)[C@@H](NC(=O)c2nonc2C)c2ccc(F)c(C)c2)c1)N1C[C@@H](C(F)(F)F)NC1=O. The number of hydrogen-bond donors (Lipinski definition) is 3. The minimum absolute atomic E-state index is 0.0297. The van der Waals surface area contributed by atoms with Crippen LogP contribution in [0.15, 0.2) is 41.2 Å². The molecule has 12 nitrogen and oxygen atoms in total. The summed E-state index contributed by atoms with van der Waals surface area (Å²) in [6.45, 7) is 2.18. The number of pyridine rings is 1. The molecule has 3 heterocycles. The number of nitrogens with one attached hydrogen (secondary N) is 3. The van der Waals surface area contributed by atoms with Gasteiger partial charge in [-0.15, -0.1) is 0 Å². The average molecular weight is 580 g/mol. The van der Waals surface area contributed by atoms with Crippen LogP contribution in [-0.4, -0.2) is 70.5 Å². The maximum atomic E-state index is 13.9. The molecule has 3 aromatic rings. The molecular weight excluding hydrogens is 554 g/mol. The number of benzene rings is 1. The third-order valence-corrected chi connectivity index (χ3v) is 6.37. The molecule has 4 rings (SSSR count). The molecule has 1 aliphatic rings. The standard InChI is InChI=1S/C25H25F4N7O5/c1-12-8-15(4-5-16(12)26)21(33-22(37)20-13(2)34-41-35-20)23(38)32-19-9-14(6-7-30-19)17(11-40-3)36-10-18(25(27,28)29)31-24(36)39/h4-9,17-18,21H,10-11H2,1-3H3,(H,31,39)(H,33,37)(H,30,32,38)/t17-,18+,21+/m1/s1. The maximum Gasteiger partial charge on any atom is 0.410 e. The van der Waals surface area contributed by atoms with Crippen molar-refractivity contribution in [3.05, 3.63) is 70.4 Å². The predicted molar refractivity (Wildman–Crippen MR) is 133 cm³/mol. The lowest BCUT2D eigenvalue weighted by Gasteiger charge is -2.27. The second-order valence-corrected chi connectivity index (χ2v) is 9.24. The molecule has 0 unspecified atom stereocenters. The number of aromatic nitrogens is 3. The molecule has 0 saturated carbocycles. The van der Waals surface area contributed by atoms with Crippen molar-refractivity contribution in [2.24, 2.45) is 0 Å². The molecule has 0 bridgehead atoms. The molecule has 4 amide bonds. The van der Waals surface area contributed by atoms with Gasteiger partial charge < -0.3 is 25.6 Å². The van der Waals surface area contributed by atoms with Gasteiger partial charge in [-0.1, -0.05) is 17.3 Å². The molecule has 1 aliphatic heterocycles. The van der Waals surface area contributed by atoms with Gasteiger partial charge in [0.15, 0.2) is 5.69 Å². The smallest absolute Gasteiger partial charge is 0.382 e. The highest BCUT2D eigenvalue weighted by atomic mass is 19.4. The van der Waals surface area contributed by atoms with Gasteiger partial charge in [0.2, 0.25) is 0 Å². The predicted octanol–water partition coefficient (Wildman–Crippen LogP) is 2.97. The third-order valence-electron chi connectivity index (χ3n) is 6.37. The minimum Gasteiger partial charge on any atom is -0.382 e. The summed E-state index contributed by atoms with van der Waals surface area (Å²) in [5.41, 5.74) is 0.804. The molecule has 0 aliphatic carbocycles. The number of rotatable bonds is 9. The molecule has 41 heavy (non-hydrogen) atoms. The normalized spacial score (nSPS) is 16.7. The van der Waals surface area contributed by atoms with Crippen LogP contribution in [0.2, 0.25) is 0 Å². The number of aryl methyl sites for hydroxylation is 2. The highest BCUT2D eigenvalue weighted by Gasteiger charge is 2.48. The number of ether oxygens (including phenoxy) is 1. The van der Waals surface area contributed by atoms with Gasteiger partial charge in [-0.05, 0) is 53.9 Å². The van der Waals surface area contributed by atoms with Crippen LogP contribution >= 0.6 is 0 Å². The first kappa shape index (κ1) is 29.4. The van der Waals surface area contributed by atoms with E-state index in [1.807, 2.05) is 5.32 Å². The van der Waals surface area contributed by atoms with E-state index < -0.39 is 54.5 Å². The van der Waals surface area contributed by atoms with E-state index in [2.05, 4.69) is 30.6 Å². The Hall–Kier alpha value is -4.60. The van der Waals surface area contributed by atoms with Gasteiger partial charge in [0, 0.05) is 13.3 Å². The molecular formula is C25H25F4N7O5. The van der Waals surface area contributed by atoms with Crippen molar-refractivity contribution in [1.29, 1.82) is 0 Å². The first-order valence-electron chi connectivity index (χ1n) is 12.1. The van der Waals surface area contributed by atoms with E-state index in [1.54, 1.807) is 0 Å². The number of anilines is 1. The number of amides is 4. The first-order valence-corrected chi connectivity index (χ1v) is 12.1. The number of methoxy groups -OCH3 is 1. The molecule has 1 fully saturated rings. The van der Waals surface area contributed by atoms with Crippen molar-refractivity contribution in [2.45, 2.75) is 38.1 Å². The topological polar surface area (TPSA) is 152 Å². The lowest BCUT2D eigenvalue weighted by atomic mass is 10.0. The number of halogens is 4. The highest BCUT2D eigenvalue weighted by molar-refractivity contribution is 6.00. The molecule has 0 spiro atoms. The van der Waals surface area contributed by atoms with Gasteiger partial charge >= 0.3 is 12.2 Å². The van der Waals surface area contributed by atoms with E-state index in [4.69, 9.17) is 4.74 Å². The van der Waals surface area contributed by atoms with Crippen molar-refractivity contribution in [1.82, 2.24) is 30.8 Å². The number of alkyl halides is 3. The second kappa shape index (κ2) is 11.9. The van der Waals surface area contributed by atoms with E-state index in [0.29, 0.717) is 5.56 Å². The van der Waals surface area contributed by atoms with Crippen molar-refractivity contribution in [3.8, 4) is 0 Å². The van der Waals surface area contributed by atoms with Gasteiger partial charge in [0.1, 0.15) is 29.4 Å². The first-order chi connectivity index (χ1) is 19.4. The molecule has 1 aromatic carbocycles. The summed E-state index contributed by atoms with van der Waals surface area (Å²) in [5, 5.41) is 14.1. The molecule has 16 heteroatoms. The Bertz CT molecular complexity index is 1450. The van der Waals surface area contributed by atoms with Crippen molar-refractivity contribution < 1.29 is 41.3 Å². The lowest BCUT2D eigenvalue weighted by molar-refractivity contribution is -0.150. The fourth-order valence-electron chi connectivity index (χ4n) is 4.24. The monoisotopic (exact) mass is 579 g/mol. The van der Waals surface area contributed by atoms with Gasteiger partial charge in [-0.25, -0.2) is 18.8 Å². The highest BCUT2D eigenvalue weighted by Crippen LogP contribution is 2.31. The van der Waals surface area contributed by atoms with E-state index >= 15 is 0 Å². The van der Waals surface area contributed by atoms with Crippen LogP contribution < -0.4 is 16.0 Å². The molecule has 218 valence electrons. The zero-order valence-corrected chi connectivity index (χ0v) is 22.0. The zero-order valence-electron chi connectivity index (χ0n) is 22.0. The molecule has 3 atom stereocenters. The summed E-state index contributed by atoms with van der Waals surface area (Å²) in [6.07, 6.45) is -3.35. The van der Waals surface area contributed by atoms with Crippen molar-refractivity contribution in [2.75, 3.05) is 25.6 Å². The minimum atomic E-state index is -4.64. The van der Waals surface area contributed by atoms with E-state index in [0.717, 1.165) is 11.0 Å². The van der Waals surface area contributed by atoms with Crippen molar-refractivity contribution >= 4 is 23.7 Å². The van der Waals surface area contributed by atoms with Gasteiger partial charge in [0.05, 0.1) is 19.2 Å². The van der Waals surface area contributed by atoms with Crippen LogP contribution in [0, 0.1) is 19.7 Å². The average Bonchev–Trinajstić information content (AvgIpc) is 3.53.